The Morgan fingerprint density at radius 3 is 2.50 bits per heavy atom. The molecule has 1 fully saturated rings. The van der Waals surface area contributed by atoms with Crippen LogP contribution in [0.15, 0.2) is 42.5 Å². The molecule has 1 N–H and O–H groups in total. The molecule has 1 amide bonds. The van der Waals surface area contributed by atoms with Crippen molar-refractivity contribution >= 4 is 5.91 Å². The lowest BCUT2D eigenvalue weighted by Crippen LogP contribution is -2.25. The van der Waals surface area contributed by atoms with Gasteiger partial charge in [-0.05, 0) is 55.3 Å². The maximum atomic E-state index is 13.7. The van der Waals surface area contributed by atoms with Crippen LogP contribution in [0.1, 0.15) is 34.3 Å². The molecule has 2 aromatic rings. The number of likely N-dealkylation sites (tertiary alicyclic amines) is 1. The number of nitrogens with one attached hydrogen (secondary N) is 1. The van der Waals surface area contributed by atoms with Crippen LogP contribution in [0.2, 0.25) is 0 Å². The van der Waals surface area contributed by atoms with Gasteiger partial charge in [0.15, 0.2) is 0 Å². The highest BCUT2D eigenvalue weighted by molar-refractivity contribution is 5.94. The van der Waals surface area contributed by atoms with Gasteiger partial charge in [0.25, 0.3) is 5.91 Å². The fraction of sp³-hybridized carbons (Fsp3) is 0.316. The smallest absolute Gasteiger partial charge is 0.254 e. The third kappa shape index (κ3) is 3.97. The van der Waals surface area contributed by atoms with Gasteiger partial charge in [-0.2, -0.15) is 0 Å². The topological polar surface area (TPSA) is 32.3 Å². The molecule has 0 aromatic heterocycles. The van der Waals surface area contributed by atoms with Crippen LogP contribution in [0.25, 0.3) is 0 Å². The molecular formula is C19H20F2N2O. The number of benzene rings is 2. The van der Waals surface area contributed by atoms with Crippen LogP contribution in [0.5, 0.6) is 0 Å². The van der Waals surface area contributed by atoms with Crippen LogP contribution in [0, 0.1) is 11.6 Å². The number of amides is 1. The van der Waals surface area contributed by atoms with Gasteiger partial charge < -0.3 is 5.32 Å². The maximum absolute atomic E-state index is 13.7. The monoisotopic (exact) mass is 330 g/mol. The molecule has 1 aliphatic rings. The molecule has 3 rings (SSSR count). The molecule has 0 atom stereocenters. The van der Waals surface area contributed by atoms with Crippen molar-refractivity contribution in [3.05, 3.63) is 70.8 Å². The highest BCUT2D eigenvalue weighted by atomic mass is 19.1. The summed E-state index contributed by atoms with van der Waals surface area (Å²) in [4.78, 5) is 14.5. The van der Waals surface area contributed by atoms with Gasteiger partial charge in [-0.3, -0.25) is 9.69 Å². The van der Waals surface area contributed by atoms with E-state index in [1.54, 1.807) is 0 Å². The van der Waals surface area contributed by atoms with E-state index in [-0.39, 0.29) is 5.56 Å². The third-order valence-corrected chi connectivity index (χ3v) is 4.32. The molecule has 0 unspecified atom stereocenters. The summed E-state index contributed by atoms with van der Waals surface area (Å²) in [5.74, 6) is -1.96. The number of rotatable bonds is 5. The van der Waals surface area contributed by atoms with E-state index >= 15 is 0 Å². The molecule has 0 saturated carbocycles. The van der Waals surface area contributed by atoms with Gasteiger partial charge in [0.1, 0.15) is 11.6 Å². The number of hydrogen-bond acceptors (Lipinski definition) is 2. The first-order chi connectivity index (χ1) is 11.6. The van der Waals surface area contributed by atoms with E-state index in [0.29, 0.717) is 6.54 Å². The Bertz CT molecular complexity index is 727. The second-order valence-electron chi connectivity index (χ2n) is 6.06. The standard InChI is InChI=1S/C19H20F2N2O/c20-16-7-8-18(21)17(11-16)19(24)22-12-14-5-1-2-6-15(14)13-23-9-3-4-10-23/h1-2,5-8,11H,3-4,9-10,12-13H2,(H,22,24). The summed E-state index contributed by atoms with van der Waals surface area (Å²) >= 11 is 0. The minimum absolute atomic E-state index is 0.271. The predicted molar refractivity (Wildman–Crippen MR) is 88.5 cm³/mol. The zero-order valence-corrected chi connectivity index (χ0v) is 13.4. The molecule has 0 spiro atoms. The third-order valence-electron chi connectivity index (χ3n) is 4.32. The van der Waals surface area contributed by atoms with E-state index in [2.05, 4.69) is 10.2 Å². The van der Waals surface area contributed by atoms with E-state index in [1.165, 1.54) is 12.8 Å². The maximum Gasteiger partial charge on any atom is 0.254 e. The van der Waals surface area contributed by atoms with Crippen LogP contribution in [0.3, 0.4) is 0 Å². The number of carbonyl (C=O) groups is 1. The molecule has 0 aliphatic carbocycles. The van der Waals surface area contributed by atoms with E-state index in [9.17, 15) is 13.6 Å². The van der Waals surface area contributed by atoms with E-state index in [4.69, 9.17) is 0 Å². The highest BCUT2D eigenvalue weighted by Crippen LogP contribution is 2.16. The SMILES string of the molecule is O=C(NCc1ccccc1CN1CCCC1)c1cc(F)ccc1F. The van der Waals surface area contributed by atoms with Crippen molar-refractivity contribution in [3.8, 4) is 0 Å². The molecular weight excluding hydrogens is 310 g/mol. The fourth-order valence-corrected chi connectivity index (χ4v) is 3.01. The Hall–Kier alpha value is -2.27. The molecule has 0 radical (unpaired) electrons. The van der Waals surface area contributed by atoms with Crippen molar-refractivity contribution in [3.63, 3.8) is 0 Å². The summed E-state index contributed by atoms with van der Waals surface area (Å²) in [5, 5.41) is 2.68. The lowest BCUT2D eigenvalue weighted by molar-refractivity contribution is 0.0946. The Balaban J connectivity index is 1.67. The van der Waals surface area contributed by atoms with Gasteiger partial charge in [-0.1, -0.05) is 24.3 Å². The summed E-state index contributed by atoms with van der Waals surface area (Å²) in [7, 11) is 0. The summed E-state index contributed by atoms with van der Waals surface area (Å²) in [6.45, 7) is 3.32. The molecule has 3 nitrogen and oxygen atoms in total. The molecule has 0 bridgehead atoms. The van der Waals surface area contributed by atoms with Gasteiger partial charge in [-0.25, -0.2) is 8.78 Å². The van der Waals surface area contributed by atoms with Crippen LogP contribution < -0.4 is 5.32 Å². The fourth-order valence-electron chi connectivity index (χ4n) is 3.01. The van der Waals surface area contributed by atoms with Gasteiger partial charge in [0, 0.05) is 13.1 Å². The van der Waals surface area contributed by atoms with Crippen LogP contribution >= 0.6 is 0 Å². The molecule has 1 saturated heterocycles. The number of halogens is 2. The zero-order chi connectivity index (χ0) is 16.9. The summed E-state index contributed by atoms with van der Waals surface area (Å²) in [6.07, 6.45) is 2.44. The average molecular weight is 330 g/mol. The van der Waals surface area contributed by atoms with Crippen LogP contribution in [-0.4, -0.2) is 23.9 Å². The molecule has 126 valence electrons. The van der Waals surface area contributed by atoms with Gasteiger partial charge >= 0.3 is 0 Å². The number of carbonyl (C=O) groups excluding carboxylic acids is 1. The van der Waals surface area contributed by atoms with E-state index in [0.717, 1.165) is 49.0 Å². The Morgan fingerprint density at radius 2 is 1.75 bits per heavy atom. The summed E-state index contributed by atoms with van der Waals surface area (Å²) in [6, 6.07) is 10.8. The lowest BCUT2D eigenvalue weighted by atomic mass is 10.1. The first-order valence-corrected chi connectivity index (χ1v) is 8.16. The van der Waals surface area contributed by atoms with Crippen molar-refractivity contribution in [2.75, 3.05) is 13.1 Å². The number of hydrogen-bond donors (Lipinski definition) is 1. The Labute approximate surface area is 140 Å². The second-order valence-corrected chi connectivity index (χ2v) is 6.06. The average Bonchev–Trinajstić information content (AvgIpc) is 3.09. The van der Waals surface area contributed by atoms with E-state index in [1.807, 2.05) is 24.3 Å². The van der Waals surface area contributed by atoms with Crippen LogP contribution in [-0.2, 0) is 13.1 Å². The summed E-state index contributed by atoms with van der Waals surface area (Å²) < 4.78 is 26.9. The van der Waals surface area contributed by atoms with Crippen molar-refractivity contribution in [2.24, 2.45) is 0 Å². The van der Waals surface area contributed by atoms with Crippen molar-refractivity contribution in [2.45, 2.75) is 25.9 Å². The Kier molecular flexibility index (Phi) is 5.20. The molecule has 1 heterocycles. The zero-order valence-electron chi connectivity index (χ0n) is 13.4. The quantitative estimate of drug-likeness (QED) is 0.910. The van der Waals surface area contributed by atoms with Crippen LogP contribution in [0.4, 0.5) is 8.78 Å². The minimum Gasteiger partial charge on any atom is -0.348 e. The highest BCUT2D eigenvalue weighted by Gasteiger charge is 2.15. The van der Waals surface area contributed by atoms with Gasteiger partial charge in [0.05, 0.1) is 5.56 Å². The molecule has 1 aliphatic heterocycles. The first kappa shape index (κ1) is 16.6. The van der Waals surface area contributed by atoms with Gasteiger partial charge in [0.2, 0.25) is 0 Å². The largest absolute Gasteiger partial charge is 0.348 e. The first-order valence-electron chi connectivity index (χ1n) is 8.16. The minimum atomic E-state index is -0.723. The normalized spacial score (nSPS) is 14.8. The molecule has 24 heavy (non-hydrogen) atoms. The predicted octanol–water partition coefficient (Wildman–Crippen LogP) is 3.49. The Morgan fingerprint density at radius 1 is 1.04 bits per heavy atom. The second kappa shape index (κ2) is 7.53. The molecule has 5 heteroatoms. The van der Waals surface area contributed by atoms with Gasteiger partial charge in [-0.15, -0.1) is 0 Å². The number of nitrogens with zero attached hydrogens (tertiary/aromatic N) is 1. The summed E-state index contributed by atoms with van der Waals surface area (Å²) in [5.41, 5.74) is 1.88. The molecule has 2 aromatic carbocycles. The van der Waals surface area contributed by atoms with Crippen molar-refractivity contribution in [1.29, 1.82) is 0 Å². The lowest BCUT2D eigenvalue weighted by Gasteiger charge is -2.17. The van der Waals surface area contributed by atoms with Crippen molar-refractivity contribution < 1.29 is 13.6 Å². The van der Waals surface area contributed by atoms with Crippen molar-refractivity contribution in [1.82, 2.24) is 10.2 Å². The van der Waals surface area contributed by atoms with E-state index < -0.39 is 17.5 Å².